The molecule has 0 aliphatic rings. The van der Waals surface area contributed by atoms with E-state index in [0.717, 1.165) is 11.6 Å². The van der Waals surface area contributed by atoms with Crippen LogP contribution in [0.3, 0.4) is 0 Å². The van der Waals surface area contributed by atoms with E-state index >= 15 is 0 Å². The lowest BCUT2D eigenvalue weighted by molar-refractivity contribution is -0.131. The van der Waals surface area contributed by atoms with Crippen molar-refractivity contribution >= 4 is 5.97 Å². The lowest BCUT2D eigenvalue weighted by atomic mass is 10.1. The van der Waals surface area contributed by atoms with Gasteiger partial charge in [-0.05, 0) is 24.1 Å². The van der Waals surface area contributed by atoms with E-state index in [2.05, 4.69) is 0 Å². The quantitative estimate of drug-likeness (QED) is 0.607. The van der Waals surface area contributed by atoms with E-state index in [4.69, 9.17) is 5.11 Å². The van der Waals surface area contributed by atoms with Gasteiger partial charge in [0.1, 0.15) is 5.82 Å². The number of carbonyl (C=O) groups is 1. The molecule has 0 bridgehead atoms. The SMILES string of the molecule is O=C(O)/C=C/C=C/Cc1cccc(F)c1. The van der Waals surface area contributed by atoms with Gasteiger partial charge in [0.15, 0.2) is 0 Å². The average Bonchev–Trinajstić information content (AvgIpc) is 2.17. The maximum absolute atomic E-state index is 12.7. The Morgan fingerprint density at radius 2 is 2.20 bits per heavy atom. The molecule has 0 aliphatic heterocycles. The van der Waals surface area contributed by atoms with Crippen LogP contribution in [0, 0.1) is 5.82 Å². The topological polar surface area (TPSA) is 37.3 Å². The van der Waals surface area contributed by atoms with E-state index in [9.17, 15) is 9.18 Å². The van der Waals surface area contributed by atoms with Gasteiger partial charge in [-0.1, -0.05) is 30.4 Å². The Hall–Kier alpha value is -1.90. The number of aliphatic carboxylic acids is 1. The standard InChI is InChI=1S/C12H11FO2/c13-11-7-4-6-10(9-11)5-2-1-3-8-12(14)15/h1-4,6-9H,5H2,(H,14,15)/b2-1+,8-3+. The Morgan fingerprint density at radius 3 is 2.87 bits per heavy atom. The summed E-state index contributed by atoms with van der Waals surface area (Å²) in [5, 5.41) is 8.30. The second-order valence-corrected chi connectivity index (χ2v) is 2.96. The van der Waals surface area contributed by atoms with Crippen molar-refractivity contribution in [2.24, 2.45) is 0 Å². The molecule has 1 N–H and O–H groups in total. The highest BCUT2D eigenvalue weighted by molar-refractivity contribution is 5.80. The van der Waals surface area contributed by atoms with E-state index in [0.29, 0.717) is 6.42 Å². The highest BCUT2D eigenvalue weighted by atomic mass is 19.1. The van der Waals surface area contributed by atoms with Gasteiger partial charge in [-0.3, -0.25) is 0 Å². The second kappa shape index (κ2) is 5.75. The largest absolute Gasteiger partial charge is 0.478 e. The number of hydrogen-bond donors (Lipinski definition) is 1. The molecule has 78 valence electrons. The van der Waals surface area contributed by atoms with Crippen LogP contribution >= 0.6 is 0 Å². The molecule has 3 heteroatoms. The molecule has 0 atom stereocenters. The normalized spacial score (nSPS) is 11.3. The van der Waals surface area contributed by atoms with Gasteiger partial charge >= 0.3 is 5.97 Å². The summed E-state index contributed by atoms with van der Waals surface area (Å²) in [6.07, 6.45) is 6.46. The highest BCUT2D eigenvalue weighted by Crippen LogP contribution is 2.04. The Balaban J connectivity index is 2.47. The molecule has 0 saturated carbocycles. The molecule has 0 radical (unpaired) electrons. The van der Waals surface area contributed by atoms with Crippen molar-refractivity contribution < 1.29 is 14.3 Å². The van der Waals surface area contributed by atoms with Crippen LogP contribution in [0.2, 0.25) is 0 Å². The van der Waals surface area contributed by atoms with Crippen molar-refractivity contribution in [2.75, 3.05) is 0 Å². The second-order valence-electron chi connectivity index (χ2n) is 2.96. The molecule has 0 saturated heterocycles. The third kappa shape index (κ3) is 4.76. The summed E-state index contributed by atoms with van der Waals surface area (Å²) in [5.41, 5.74) is 0.856. The summed E-state index contributed by atoms with van der Waals surface area (Å²) >= 11 is 0. The molecule has 0 heterocycles. The van der Waals surface area contributed by atoms with Crippen LogP contribution in [0.1, 0.15) is 5.56 Å². The van der Waals surface area contributed by atoms with Crippen LogP contribution in [-0.4, -0.2) is 11.1 Å². The zero-order valence-electron chi connectivity index (χ0n) is 8.06. The summed E-state index contributed by atoms with van der Waals surface area (Å²) in [7, 11) is 0. The van der Waals surface area contributed by atoms with Crippen LogP contribution in [0.5, 0.6) is 0 Å². The molecule has 0 fully saturated rings. The van der Waals surface area contributed by atoms with Gasteiger partial charge in [-0.25, -0.2) is 9.18 Å². The number of benzene rings is 1. The Kier molecular flexibility index (Phi) is 4.29. The van der Waals surface area contributed by atoms with Gasteiger partial charge in [0, 0.05) is 6.08 Å². The van der Waals surface area contributed by atoms with Crippen LogP contribution in [0.25, 0.3) is 0 Å². The third-order valence-electron chi connectivity index (χ3n) is 1.73. The first kappa shape index (κ1) is 11.2. The van der Waals surface area contributed by atoms with Crippen molar-refractivity contribution in [3.8, 4) is 0 Å². The average molecular weight is 206 g/mol. The molecular weight excluding hydrogens is 195 g/mol. The fourth-order valence-electron chi connectivity index (χ4n) is 1.08. The van der Waals surface area contributed by atoms with Gasteiger partial charge in [0.05, 0.1) is 0 Å². The zero-order chi connectivity index (χ0) is 11.1. The molecule has 1 rings (SSSR count). The molecule has 15 heavy (non-hydrogen) atoms. The molecule has 0 amide bonds. The van der Waals surface area contributed by atoms with Crippen LogP contribution in [0.4, 0.5) is 4.39 Å². The number of hydrogen-bond acceptors (Lipinski definition) is 1. The van der Waals surface area contributed by atoms with E-state index in [1.54, 1.807) is 18.2 Å². The Labute approximate surface area is 87.4 Å². The van der Waals surface area contributed by atoms with Crippen molar-refractivity contribution in [3.63, 3.8) is 0 Å². The Bertz CT molecular complexity index is 394. The number of halogens is 1. The smallest absolute Gasteiger partial charge is 0.328 e. The van der Waals surface area contributed by atoms with Gasteiger partial charge in [-0.2, -0.15) is 0 Å². The van der Waals surface area contributed by atoms with Crippen LogP contribution in [-0.2, 0) is 11.2 Å². The molecule has 0 aliphatic carbocycles. The van der Waals surface area contributed by atoms with Crippen LogP contribution < -0.4 is 0 Å². The predicted octanol–water partition coefficient (Wildman–Crippen LogP) is 2.57. The number of carboxylic acid groups (broad SMARTS) is 1. The minimum atomic E-state index is -0.981. The van der Waals surface area contributed by atoms with Gasteiger partial charge in [-0.15, -0.1) is 0 Å². The highest BCUT2D eigenvalue weighted by Gasteiger charge is 1.91. The summed E-state index contributed by atoms with van der Waals surface area (Å²) in [6.45, 7) is 0. The van der Waals surface area contributed by atoms with E-state index in [-0.39, 0.29) is 5.82 Å². The number of allylic oxidation sites excluding steroid dienone is 3. The zero-order valence-corrected chi connectivity index (χ0v) is 8.06. The first-order chi connectivity index (χ1) is 7.18. The lowest BCUT2D eigenvalue weighted by Gasteiger charge is -1.94. The number of rotatable bonds is 4. The Morgan fingerprint density at radius 1 is 1.40 bits per heavy atom. The van der Waals surface area contributed by atoms with Gasteiger partial charge in [0.25, 0.3) is 0 Å². The number of carboxylic acids is 1. The summed E-state index contributed by atoms with van der Waals surface area (Å²) in [6, 6.07) is 6.29. The molecule has 1 aromatic carbocycles. The fraction of sp³-hybridized carbons (Fsp3) is 0.0833. The molecule has 1 aromatic rings. The summed E-state index contributed by atoms with van der Waals surface area (Å²) in [4.78, 5) is 10.1. The summed E-state index contributed by atoms with van der Waals surface area (Å²) < 4.78 is 12.7. The van der Waals surface area contributed by atoms with Crippen molar-refractivity contribution in [1.29, 1.82) is 0 Å². The van der Waals surface area contributed by atoms with E-state index in [1.807, 2.05) is 6.07 Å². The molecular formula is C12H11FO2. The summed E-state index contributed by atoms with van der Waals surface area (Å²) in [5.74, 6) is -1.24. The first-order valence-electron chi connectivity index (χ1n) is 4.49. The maximum atomic E-state index is 12.7. The van der Waals surface area contributed by atoms with E-state index < -0.39 is 5.97 Å². The monoisotopic (exact) mass is 206 g/mol. The lowest BCUT2D eigenvalue weighted by Crippen LogP contribution is -1.84. The molecule has 0 unspecified atom stereocenters. The maximum Gasteiger partial charge on any atom is 0.328 e. The molecule has 2 nitrogen and oxygen atoms in total. The minimum absolute atomic E-state index is 0.262. The minimum Gasteiger partial charge on any atom is -0.478 e. The van der Waals surface area contributed by atoms with Crippen molar-refractivity contribution in [1.82, 2.24) is 0 Å². The van der Waals surface area contributed by atoms with Gasteiger partial charge in [0.2, 0.25) is 0 Å². The van der Waals surface area contributed by atoms with Crippen molar-refractivity contribution in [3.05, 3.63) is 60.0 Å². The predicted molar refractivity (Wildman–Crippen MR) is 56.0 cm³/mol. The molecule has 0 aromatic heterocycles. The van der Waals surface area contributed by atoms with E-state index in [1.165, 1.54) is 18.2 Å². The first-order valence-corrected chi connectivity index (χ1v) is 4.49. The van der Waals surface area contributed by atoms with Gasteiger partial charge < -0.3 is 5.11 Å². The third-order valence-corrected chi connectivity index (χ3v) is 1.73. The van der Waals surface area contributed by atoms with Crippen molar-refractivity contribution in [2.45, 2.75) is 6.42 Å². The molecule has 0 spiro atoms. The van der Waals surface area contributed by atoms with Crippen LogP contribution in [0.15, 0.2) is 48.6 Å². The fourth-order valence-corrected chi connectivity index (χ4v) is 1.08.